The molecule has 0 bridgehead atoms. The Hall–Kier alpha value is -0.248. The summed E-state index contributed by atoms with van der Waals surface area (Å²) in [4.78, 5) is 0. The topological polar surface area (TPSA) is 0 Å². The third-order valence-corrected chi connectivity index (χ3v) is 1.11. The Labute approximate surface area is 106 Å². The standard InChI is InChI=1S/2C5H5.2CH3.U/c2*1-2-4-5-3-1;;;/h2*1-5H;2*1H3;/q4*-1;+4. The Bertz CT molecular complexity index is 144. The fourth-order valence-electron chi connectivity index (χ4n) is 0.642. The van der Waals surface area contributed by atoms with Gasteiger partial charge >= 0.3 is 31.1 Å². The molecule has 0 atom stereocenters. The first kappa shape index (κ1) is 18.5. The average Bonchev–Trinajstić information content (AvgIpc) is 2.67. The molecule has 0 aliphatic carbocycles. The van der Waals surface area contributed by atoms with Crippen molar-refractivity contribution in [3.05, 3.63) is 75.5 Å². The second kappa shape index (κ2) is 14.3. The van der Waals surface area contributed by atoms with Crippen molar-refractivity contribution in [3.8, 4) is 0 Å². The molecule has 68 valence electrons. The molecule has 0 heterocycles. The van der Waals surface area contributed by atoms with Crippen LogP contribution in [0.1, 0.15) is 0 Å². The smallest absolute Gasteiger partial charge is 0.358 e. The average molecular weight is 398 g/mol. The first-order valence-corrected chi connectivity index (χ1v) is 3.33. The van der Waals surface area contributed by atoms with E-state index in [1.807, 2.05) is 60.7 Å². The van der Waals surface area contributed by atoms with Crippen LogP contribution in [0.4, 0.5) is 0 Å². The Morgan fingerprint density at radius 3 is 0.846 bits per heavy atom. The molecule has 0 saturated heterocycles. The predicted molar refractivity (Wildman–Crippen MR) is 56.9 cm³/mol. The summed E-state index contributed by atoms with van der Waals surface area (Å²) in [5.41, 5.74) is 0. The molecule has 0 fully saturated rings. The third kappa shape index (κ3) is 11.8. The van der Waals surface area contributed by atoms with E-state index in [-0.39, 0.29) is 46.0 Å². The van der Waals surface area contributed by atoms with Crippen molar-refractivity contribution >= 4 is 0 Å². The molecule has 0 aliphatic rings. The van der Waals surface area contributed by atoms with Gasteiger partial charge in [0.15, 0.2) is 0 Å². The zero-order valence-corrected chi connectivity index (χ0v) is 12.4. The van der Waals surface area contributed by atoms with Crippen LogP contribution in [0, 0.1) is 46.0 Å². The fraction of sp³-hybridized carbons (Fsp3) is 0. The van der Waals surface area contributed by atoms with Gasteiger partial charge < -0.3 is 14.9 Å². The summed E-state index contributed by atoms with van der Waals surface area (Å²) in [6.07, 6.45) is 0. The SMILES string of the molecule is [CH3-].[CH3-].[U+4].c1cc[cH-]c1.c1cc[cH-]c1. The van der Waals surface area contributed by atoms with Gasteiger partial charge in [-0.1, -0.05) is 0 Å². The van der Waals surface area contributed by atoms with Crippen LogP contribution in [0.3, 0.4) is 0 Å². The molecule has 0 spiro atoms. The van der Waals surface area contributed by atoms with Gasteiger partial charge in [-0.2, -0.15) is 36.4 Å². The molecule has 2 aromatic carbocycles. The van der Waals surface area contributed by atoms with Crippen molar-refractivity contribution in [3.63, 3.8) is 0 Å². The van der Waals surface area contributed by atoms with E-state index in [0.29, 0.717) is 0 Å². The van der Waals surface area contributed by atoms with Gasteiger partial charge in [0.05, 0.1) is 0 Å². The van der Waals surface area contributed by atoms with Crippen LogP contribution < -0.4 is 0 Å². The molecule has 1 heteroatoms. The maximum Gasteiger partial charge on any atom is 4.00 e. The summed E-state index contributed by atoms with van der Waals surface area (Å²) in [7, 11) is 0. The van der Waals surface area contributed by atoms with E-state index in [1.165, 1.54) is 0 Å². The van der Waals surface area contributed by atoms with Crippen molar-refractivity contribution < 1.29 is 31.1 Å². The Balaban J connectivity index is -0.000000125. The molecule has 13 heavy (non-hydrogen) atoms. The molecule has 0 N–H and O–H groups in total. The van der Waals surface area contributed by atoms with Crippen LogP contribution in [0.2, 0.25) is 0 Å². The number of hydrogen-bond acceptors (Lipinski definition) is 0. The van der Waals surface area contributed by atoms with Gasteiger partial charge in [0, 0.05) is 0 Å². The molecular formula is C12H16U. The second-order valence-electron chi connectivity index (χ2n) is 1.92. The summed E-state index contributed by atoms with van der Waals surface area (Å²) in [6, 6.07) is 20.0. The molecule has 0 radical (unpaired) electrons. The summed E-state index contributed by atoms with van der Waals surface area (Å²) >= 11 is 0. The van der Waals surface area contributed by atoms with E-state index in [2.05, 4.69) is 0 Å². The van der Waals surface area contributed by atoms with E-state index in [0.717, 1.165) is 0 Å². The van der Waals surface area contributed by atoms with E-state index in [1.54, 1.807) is 0 Å². The van der Waals surface area contributed by atoms with E-state index >= 15 is 0 Å². The van der Waals surface area contributed by atoms with Crippen molar-refractivity contribution in [1.82, 2.24) is 0 Å². The molecule has 0 unspecified atom stereocenters. The minimum atomic E-state index is 0. The Morgan fingerprint density at radius 1 is 0.538 bits per heavy atom. The third-order valence-electron chi connectivity index (χ3n) is 1.11. The normalized spacial score (nSPS) is 6.15. The summed E-state index contributed by atoms with van der Waals surface area (Å²) in [5, 5.41) is 0. The molecule has 0 aliphatic heterocycles. The van der Waals surface area contributed by atoms with Gasteiger partial charge in [-0.15, -0.1) is 0 Å². The quantitative estimate of drug-likeness (QED) is 0.594. The number of rotatable bonds is 0. The van der Waals surface area contributed by atoms with Crippen molar-refractivity contribution in [1.29, 1.82) is 0 Å². The minimum Gasteiger partial charge on any atom is -0.358 e. The first-order chi connectivity index (χ1) is 5.00. The molecule has 2 aromatic rings. The monoisotopic (exact) mass is 398 g/mol. The summed E-state index contributed by atoms with van der Waals surface area (Å²) in [6.45, 7) is 0. The van der Waals surface area contributed by atoms with Gasteiger partial charge in [0.2, 0.25) is 0 Å². The van der Waals surface area contributed by atoms with Crippen molar-refractivity contribution in [2.75, 3.05) is 0 Å². The minimum absolute atomic E-state index is 0. The van der Waals surface area contributed by atoms with Crippen LogP contribution in [0.5, 0.6) is 0 Å². The molecule has 0 nitrogen and oxygen atoms in total. The van der Waals surface area contributed by atoms with Crippen LogP contribution in [0.15, 0.2) is 60.7 Å². The Morgan fingerprint density at radius 2 is 0.769 bits per heavy atom. The zero-order chi connectivity index (χ0) is 7.07. The van der Waals surface area contributed by atoms with Gasteiger partial charge in [-0.25, -0.2) is 24.3 Å². The molecule has 0 aromatic heterocycles. The maximum atomic E-state index is 2.00. The van der Waals surface area contributed by atoms with Gasteiger partial charge in [0.1, 0.15) is 0 Å². The predicted octanol–water partition coefficient (Wildman–Crippen LogP) is 3.71. The summed E-state index contributed by atoms with van der Waals surface area (Å²) < 4.78 is 0. The zero-order valence-electron chi connectivity index (χ0n) is 8.27. The Kier molecular flexibility index (Phi) is 20.4. The van der Waals surface area contributed by atoms with E-state index in [4.69, 9.17) is 0 Å². The van der Waals surface area contributed by atoms with Crippen molar-refractivity contribution in [2.45, 2.75) is 0 Å². The van der Waals surface area contributed by atoms with Crippen molar-refractivity contribution in [2.24, 2.45) is 0 Å². The van der Waals surface area contributed by atoms with Crippen LogP contribution >= 0.6 is 0 Å². The van der Waals surface area contributed by atoms with Crippen LogP contribution in [-0.2, 0) is 0 Å². The van der Waals surface area contributed by atoms with Gasteiger partial charge in [-0.05, 0) is 0 Å². The first-order valence-electron chi connectivity index (χ1n) is 3.33. The molecule has 0 amide bonds. The fourth-order valence-corrected chi connectivity index (χ4v) is 0.642. The van der Waals surface area contributed by atoms with Gasteiger partial charge in [0.25, 0.3) is 0 Å². The van der Waals surface area contributed by atoms with Gasteiger partial charge in [-0.3, -0.25) is 0 Å². The van der Waals surface area contributed by atoms with E-state index in [9.17, 15) is 0 Å². The molecule has 0 saturated carbocycles. The molecular weight excluding hydrogens is 382 g/mol. The maximum absolute atomic E-state index is 2.00. The second-order valence-corrected chi connectivity index (χ2v) is 1.92. The van der Waals surface area contributed by atoms with Crippen LogP contribution in [0.25, 0.3) is 0 Å². The largest absolute Gasteiger partial charge is 4.00 e. The van der Waals surface area contributed by atoms with E-state index < -0.39 is 0 Å². The molecule has 2 rings (SSSR count). The summed E-state index contributed by atoms with van der Waals surface area (Å²) in [5.74, 6) is 0. The number of hydrogen-bond donors (Lipinski definition) is 0. The van der Waals surface area contributed by atoms with Crippen LogP contribution in [-0.4, -0.2) is 0 Å².